The first-order valence-corrected chi connectivity index (χ1v) is 7.74. The molecule has 2 heterocycles. The normalized spacial score (nSPS) is 11.9. The van der Waals surface area contributed by atoms with Crippen LogP contribution in [0.2, 0.25) is 0 Å². The Labute approximate surface area is 139 Å². The van der Waals surface area contributed by atoms with Gasteiger partial charge in [-0.1, -0.05) is 35.5 Å². The van der Waals surface area contributed by atoms with Crippen molar-refractivity contribution in [1.29, 1.82) is 0 Å². The lowest BCUT2D eigenvalue weighted by Crippen LogP contribution is -2.27. The van der Waals surface area contributed by atoms with E-state index in [4.69, 9.17) is 4.52 Å². The summed E-state index contributed by atoms with van der Waals surface area (Å²) in [5.41, 5.74) is 1.62. The standard InChI is InChI=1S/C17H19N5O2/c1-3-22-11-14(10-18-22)19-16(13-7-5-4-6-8-13)17(23)20-15-9-12(2)24-21-15/h4-11,16,19H,3H2,1-2H3,(H,20,21,23). The van der Waals surface area contributed by atoms with Gasteiger partial charge in [-0.15, -0.1) is 0 Å². The van der Waals surface area contributed by atoms with Crippen LogP contribution < -0.4 is 10.6 Å². The lowest BCUT2D eigenvalue weighted by molar-refractivity contribution is -0.117. The van der Waals surface area contributed by atoms with Crippen LogP contribution in [0, 0.1) is 6.92 Å². The van der Waals surface area contributed by atoms with E-state index < -0.39 is 6.04 Å². The van der Waals surface area contributed by atoms with Crippen LogP contribution >= 0.6 is 0 Å². The number of amides is 1. The Bertz CT molecular complexity index is 809. The molecule has 124 valence electrons. The number of anilines is 2. The summed E-state index contributed by atoms with van der Waals surface area (Å²) in [5, 5.41) is 14.0. The topological polar surface area (TPSA) is 85.0 Å². The molecule has 0 aliphatic rings. The molecule has 1 unspecified atom stereocenters. The Kier molecular flexibility index (Phi) is 4.60. The molecule has 3 rings (SSSR count). The lowest BCUT2D eigenvalue weighted by atomic mass is 10.1. The molecule has 7 heteroatoms. The molecule has 3 aromatic rings. The lowest BCUT2D eigenvalue weighted by Gasteiger charge is -2.18. The molecule has 0 aliphatic heterocycles. The first-order chi connectivity index (χ1) is 11.7. The third-order valence-corrected chi connectivity index (χ3v) is 3.54. The van der Waals surface area contributed by atoms with Crippen molar-refractivity contribution in [1.82, 2.24) is 14.9 Å². The van der Waals surface area contributed by atoms with Crippen molar-refractivity contribution in [3.8, 4) is 0 Å². The highest BCUT2D eigenvalue weighted by molar-refractivity contribution is 5.96. The summed E-state index contributed by atoms with van der Waals surface area (Å²) >= 11 is 0. The van der Waals surface area contributed by atoms with Gasteiger partial charge in [0.05, 0.1) is 11.9 Å². The summed E-state index contributed by atoms with van der Waals surface area (Å²) in [5.74, 6) is 0.807. The Morgan fingerprint density at radius 1 is 1.33 bits per heavy atom. The summed E-state index contributed by atoms with van der Waals surface area (Å²) in [6.45, 7) is 4.54. The third kappa shape index (κ3) is 3.62. The average molecular weight is 325 g/mol. The van der Waals surface area contributed by atoms with E-state index in [9.17, 15) is 4.79 Å². The fourth-order valence-electron chi connectivity index (χ4n) is 2.35. The molecule has 24 heavy (non-hydrogen) atoms. The van der Waals surface area contributed by atoms with Gasteiger partial charge in [0.2, 0.25) is 0 Å². The van der Waals surface area contributed by atoms with Crippen molar-refractivity contribution in [2.45, 2.75) is 26.4 Å². The van der Waals surface area contributed by atoms with E-state index >= 15 is 0 Å². The fraction of sp³-hybridized carbons (Fsp3) is 0.235. The summed E-state index contributed by atoms with van der Waals surface area (Å²) < 4.78 is 6.78. The Morgan fingerprint density at radius 2 is 2.12 bits per heavy atom. The Morgan fingerprint density at radius 3 is 2.75 bits per heavy atom. The number of benzene rings is 1. The fourth-order valence-corrected chi connectivity index (χ4v) is 2.35. The maximum atomic E-state index is 12.7. The second kappa shape index (κ2) is 6.99. The van der Waals surface area contributed by atoms with E-state index in [0.717, 1.165) is 17.8 Å². The minimum atomic E-state index is -0.572. The number of nitrogens with one attached hydrogen (secondary N) is 2. The number of carbonyl (C=O) groups excluding carboxylic acids is 1. The van der Waals surface area contributed by atoms with Crippen molar-refractivity contribution in [3.05, 3.63) is 60.1 Å². The van der Waals surface area contributed by atoms with Crippen LogP contribution in [-0.2, 0) is 11.3 Å². The van der Waals surface area contributed by atoms with Gasteiger partial charge >= 0.3 is 0 Å². The Hall–Kier alpha value is -3.09. The van der Waals surface area contributed by atoms with Crippen LogP contribution in [-0.4, -0.2) is 20.8 Å². The molecule has 7 nitrogen and oxygen atoms in total. The van der Waals surface area contributed by atoms with Crippen LogP contribution in [0.1, 0.15) is 24.3 Å². The largest absolute Gasteiger partial charge is 0.368 e. The summed E-state index contributed by atoms with van der Waals surface area (Å²) in [7, 11) is 0. The van der Waals surface area contributed by atoms with Crippen LogP contribution in [0.15, 0.2) is 53.3 Å². The number of aromatic nitrogens is 3. The zero-order chi connectivity index (χ0) is 16.9. The quantitative estimate of drug-likeness (QED) is 0.728. The number of hydrogen-bond acceptors (Lipinski definition) is 5. The molecule has 1 aromatic carbocycles. The zero-order valence-corrected chi connectivity index (χ0v) is 13.6. The molecule has 0 saturated carbocycles. The number of hydrogen-bond donors (Lipinski definition) is 2. The van der Waals surface area contributed by atoms with Gasteiger partial charge in [0, 0.05) is 18.8 Å². The van der Waals surface area contributed by atoms with E-state index in [0.29, 0.717) is 11.6 Å². The van der Waals surface area contributed by atoms with Gasteiger partial charge in [-0.2, -0.15) is 5.10 Å². The average Bonchev–Trinajstić information content (AvgIpc) is 3.22. The zero-order valence-electron chi connectivity index (χ0n) is 13.6. The van der Waals surface area contributed by atoms with Crippen molar-refractivity contribution in [3.63, 3.8) is 0 Å². The van der Waals surface area contributed by atoms with Crippen LogP contribution in [0.5, 0.6) is 0 Å². The minimum absolute atomic E-state index is 0.223. The molecule has 0 bridgehead atoms. The van der Waals surface area contributed by atoms with E-state index in [2.05, 4.69) is 20.9 Å². The van der Waals surface area contributed by atoms with Crippen LogP contribution in [0.4, 0.5) is 11.5 Å². The molecular formula is C17H19N5O2. The van der Waals surface area contributed by atoms with Gasteiger partial charge < -0.3 is 15.2 Å². The van der Waals surface area contributed by atoms with Gasteiger partial charge in [0.1, 0.15) is 11.8 Å². The van der Waals surface area contributed by atoms with Crippen LogP contribution in [0.25, 0.3) is 0 Å². The smallest absolute Gasteiger partial charge is 0.252 e. The maximum Gasteiger partial charge on any atom is 0.252 e. The van der Waals surface area contributed by atoms with Crippen molar-refractivity contribution >= 4 is 17.4 Å². The predicted octanol–water partition coefficient (Wildman–Crippen LogP) is 2.99. The van der Waals surface area contributed by atoms with E-state index in [1.807, 2.05) is 43.5 Å². The molecular weight excluding hydrogens is 306 g/mol. The number of carbonyl (C=O) groups is 1. The molecule has 1 atom stereocenters. The summed E-state index contributed by atoms with van der Waals surface area (Å²) in [6, 6.07) is 10.6. The molecule has 0 fully saturated rings. The number of nitrogens with zero attached hydrogens (tertiary/aromatic N) is 3. The maximum absolute atomic E-state index is 12.7. The van der Waals surface area contributed by atoms with E-state index in [-0.39, 0.29) is 5.91 Å². The molecule has 0 radical (unpaired) electrons. The molecule has 0 spiro atoms. The highest BCUT2D eigenvalue weighted by atomic mass is 16.5. The third-order valence-electron chi connectivity index (χ3n) is 3.54. The second-order valence-electron chi connectivity index (χ2n) is 5.38. The summed E-state index contributed by atoms with van der Waals surface area (Å²) in [6.07, 6.45) is 3.57. The summed E-state index contributed by atoms with van der Waals surface area (Å²) in [4.78, 5) is 12.7. The van der Waals surface area contributed by atoms with Crippen LogP contribution in [0.3, 0.4) is 0 Å². The molecule has 2 N–H and O–H groups in total. The van der Waals surface area contributed by atoms with Crippen molar-refractivity contribution in [2.75, 3.05) is 10.6 Å². The van der Waals surface area contributed by atoms with Gasteiger partial charge in [-0.3, -0.25) is 9.48 Å². The predicted molar refractivity (Wildman–Crippen MR) is 90.6 cm³/mol. The van der Waals surface area contributed by atoms with Gasteiger partial charge in [0.25, 0.3) is 5.91 Å². The minimum Gasteiger partial charge on any atom is -0.368 e. The SMILES string of the molecule is CCn1cc(NC(C(=O)Nc2cc(C)on2)c2ccccc2)cn1. The first-order valence-electron chi connectivity index (χ1n) is 7.74. The first kappa shape index (κ1) is 15.8. The Balaban J connectivity index is 1.82. The van der Waals surface area contributed by atoms with E-state index in [1.165, 1.54) is 0 Å². The van der Waals surface area contributed by atoms with Gasteiger partial charge in [-0.25, -0.2) is 0 Å². The van der Waals surface area contributed by atoms with Gasteiger partial charge in [-0.05, 0) is 19.4 Å². The highest BCUT2D eigenvalue weighted by Gasteiger charge is 2.22. The monoisotopic (exact) mass is 325 g/mol. The molecule has 0 aliphatic carbocycles. The van der Waals surface area contributed by atoms with Crippen molar-refractivity contribution < 1.29 is 9.32 Å². The second-order valence-corrected chi connectivity index (χ2v) is 5.38. The molecule has 2 aromatic heterocycles. The number of rotatable bonds is 6. The highest BCUT2D eigenvalue weighted by Crippen LogP contribution is 2.21. The molecule has 1 amide bonds. The van der Waals surface area contributed by atoms with E-state index in [1.54, 1.807) is 23.9 Å². The number of aryl methyl sites for hydroxylation is 2. The van der Waals surface area contributed by atoms with Gasteiger partial charge in [0.15, 0.2) is 5.82 Å². The molecule has 0 saturated heterocycles. The van der Waals surface area contributed by atoms with Crippen molar-refractivity contribution in [2.24, 2.45) is 0 Å².